The fourth-order valence-corrected chi connectivity index (χ4v) is 11.2. The summed E-state index contributed by atoms with van der Waals surface area (Å²) in [5, 5.41) is 2.01. The smallest absolute Gasteiger partial charge is 0.422 e. The van der Waals surface area contributed by atoms with E-state index in [9.17, 15) is 33.6 Å². The van der Waals surface area contributed by atoms with Crippen LogP contribution in [-0.2, 0) is 58.9 Å². The third kappa shape index (κ3) is 16.8. The minimum atomic E-state index is -0.641. The van der Waals surface area contributed by atoms with Gasteiger partial charge in [0, 0.05) is 73.6 Å². The van der Waals surface area contributed by atoms with E-state index in [1.807, 2.05) is 128 Å². The summed E-state index contributed by atoms with van der Waals surface area (Å²) in [7, 11) is 3.15. The van der Waals surface area contributed by atoms with Crippen molar-refractivity contribution in [2.45, 2.75) is 59.1 Å². The molecule has 0 N–H and O–H groups in total. The number of amides is 7. The zero-order valence-corrected chi connectivity index (χ0v) is 55.5. The number of rotatable bonds is 17. The van der Waals surface area contributed by atoms with Crippen molar-refractivity contribution >= 4 is 140 Å². The van der Waals surface area contributed by atoms with Gasteiger partial charge >= 0.3 is 18.1 Å². The van der Waals surface area contributed by atoms with Crippen molar-refractivity contribution in [1.29, 1.82) is 0 Å². The number of aromatic nitrogens is 1. The maximum atomic E-state index is 12.7. The first-order chi connectivity index (χ1) is 47.0. The highest BCUT2D eigenvalue weighted by molar-refractivity contribution is 7.80. The van der Waals surface area contributed by atoms with E-state index in [0.717, 1.165) is 108 Å². The van der Waals surface area contributed by atoms with E-state index in [2.05, 4.69) is 40.7 Å². The van der Waals surface area contributed by atoms with Gasteiger partial charge in [-0.2, -0.15) is 4.57 Å². The molecule has 0 saturated carbocycles. The van der Waals surface area contributed by atoms with Crippen molar-refractivity contribution < 1.29 is 75.7 Å². The average Bonchev–Trinajstić information content (AvgIpc) is 1.76. The van der Waals surface area contributed by atoms with E-state index in [4.69, 9.17) is 62.0 Å². The number of aryl methyl sites for hydroxylation is 1. The standard InChI is InChI=1S/C27H24N2O4.C18H13NO4.C16H21N2O3S.C13H11NO4S/c30-26-25(33-27(31)28(26)19-24-12-7-17-32-24)18-20-13-15-23(16-14-20)29(21-8-3-1-4-9-21)22-10-5-2-6-11-22;1-2-19-17(20)16(23-18(19)21)10-11-7-8-15-13(9-11)12-5-3-4-6-14(12)22-15;1-3-4-8-17-9-6-5-7-13(17)12-14-15(19)18(10-11-20-2)16(22)21-14;1-8(15)14-12(16)11(18-13(14)19)7-9-3-5-10(17-2)6-4-9/h1-6,8-11,13-16,18,24H,7,12,17,19H2;3-10H,2H2,1H3;5-7,9,12H,3-4,8,10-11H2,1-2H3;3-7H,1-2H3/q;;+1;/b25-18+;16-10+;14-12+;11-7+. The molecule has 7 heterocycles. The number of likely N-dealkylation sites (N-methyl/N-ethyl adjacent to an activating group) is 1. The Bertz CT molecular complexity index is 4360. The molecule has 5 aliphatic rings. The van der Waals surface area contributed by atoms with Crippen molar-refractivity contribution in [2.75, 3.05) is 52.0 Å². The number of para-hydroxylation sites is 3. The molecule has 5 saturated heterocycles. The number of unbranched alkanes of at least 4 members (excludes halogenated alkanes) is 1. The second-order valence-electron chi connectivity index (χ2n) is 22.1. The molecule has 8 aromatic rings. The number of fused-ring (bicyclic) bond motifs is 3. The monoisotopic (exact) mass is 1350 g/mol. The lowest BCUT2D eigenvalue weighted by Gasteiger charge is -2.25. The van der Waals surface area contributed by atoms with Gasteiger partial charge in [-0.1, -0.05) is 98.3 Å². The zero-order chi connectivity index (χ0) is 68.5. The molecule has 0 aliphatic carbocycles. The average molecular weight is 1350 g/mol. The summed E-state index contributed by atoms with van der Waals surface area (Å²) >= 11 is 9.93. The molecule has 0 radical (unpaired) electrons. The van der Waals surface area contributed by atoms with Crippen LogP contribution in [0.5, 0.6) is 5.75 Å². The minimum absolute atomic E-state index is 0.0327. The molecule has 97 heavy (non-hydrogen) atoms. The van der Waals surface area contributed by atoms with E-state index in [0.29, 0.717) is 32.1 Å². The van der Waals surface area contributed by atoms with E-state index in [1.165, 1.54) is 17.9 Å². The molecule has 0 bridgehead atoms. The van der Waals surface area contributed by atoms with Crippen LogP contribution in [-0.4, -0.2) is 125 Å². The Morgan fingerprint density at radius 3 is 1.73 bits per heavy atom. The molecule has 23 heteroatoms. The maximum absolute atomic E-state index is 12.7. The number of cyclic esters (lactones) is 2. The highest BCUT2D eigenvalue weighted by atomic mass is 32.1. The van der Waals surface area contributed by atoms with Crippen LogP contribution in [0.3, 0.4) is 0 Å². The summed E-state index contributed by atoms with van der Waals surface area (Å²) in [4.78, 5) is 90.6. The maximum Gasteiger partial charge on any atom is 0.422 e. The topological polar surface area (TPSA) is 217 Å². The Balaban J connectivity index is 0.000000144. The van der Waals surface area contributed by atoms with Gasteiger partial charge in [-0.05, 0) is 152 Å². The SMILES string of the molecule is CCCC[n+]1ccccc1/C=C1/OC(=S)N(CCOC)C1=O.CCN1C(=O)O/C(=C/c2ccc3oc4ccccc4c3c2)C1=O.COc1ccc(/C=C2/OC(=S)N(C(C)=O)C2=O)cc1.O=C1O/C(=C/c2ccc(N(c3ccccc3)c3ccccc3)cc2)C(=O)N1CC1CCCO1. The van der Waals surface area contributed by atoms with E-state index in [-0.39, 0.29) is 51.9 Å². The summed E-state index contributed by atoms with van der Waals surface area (Å²) < 4.78 is 44.3. The van der Waals surface area contributed by atoms with Gasteiger partial charge in [0.15, 0.2) is 23.5 Å². The predicted octanol–water partition coefficient (Wildman–Crippen LogP) is 13.2. The Labute approximate surface area is 570 Å². The predicted molar refractivity (Wildman–Crippen MR) is 371 cm³/mol. The van der Waals surface area contributed by atoms with Crippen LogP contribution in [0.2, 0.25) is 0 Å². The van der Waals surface area contributed by atoms with Crippen molar-refractivity contribution in [3.8, 4) is 5.75 Å². The first-order valence-electron chi connectivity index (χ1n) is 31.3. The minimum Gasteiger partial charge on any atom is -0.497 e. The van der Waals surface area contributed by atoms with Crippen LogP contribution < -0.4 is 14.2 Å². The molecule has 21 nitrogen and oxygen atoms in total. The number of nitrogens with zero attached hydrogens (tertiary/aromatic N) is 6. The summed E-state index contributed by atoms with van der Waals surface area (Å²) in [6, 6.07) is 54.3. The highest BCUT2D eigenvalue weighted by Crippen LogP contribution is 2.36. The van der Waals surface area contributed by atoms with Crippen LogP contribution in [0, 0.1) is 0 Å². The second kappa shape index (κ2) is 32.4. The summed E-state index contributed by atoms with van der Waals surface area (Å²) in [6.07, 6.45) is 11.1. The molecule has 2 aromatic heterocycles. The third-order valence-corrected chi connectivity index (χ3v) is 16.1. The Kier molecular flexibility index (Phi) is 23.0. The fourth-order valence-electron chi connectivity index (χ4n) is 10.6. The zero-order valence-electron chi connectivity index (χ0n) is 53.8. The van der Waals surface area contributed by atoms with Gasteiger partial charge in [-0.25, -0.2) is 24.3 Å². The number of pyridine rings is 1. The van der Waals surface area contributed by atoms with Gasteiger partial charge in [0.25, 0.3) is 28.1 Å². The normalized spacial score (nSPS) is 17.5. The number of thiocarbonyl (C=S) groups is 2. The number of anilines is 3. The quantitative estimate of drug-likeness (QED) is 0.0470. The number of hydrogen-bond donors (Lipinski definition) is 0. The van der Waals surface area contributed by atoms with Gasteiger partial charge in [-0.15, -0.1) is 0 Å². The van der Waals surface area contributed by atoms with Crippen molar-refractivity contribution in [3.05, 3.63) is 221 Å². The molecule has 1 unspecified atom stereocenters. The molecule has 0 spiro atoms. The summed E-state index contributed by atoms with van der Waals surface area (Å²) in [5.41, 5.74) is 7.87. The number of carbonyl (C=O) groups is 7. The van der Waals surface area contributed by atoms with Crippen LogP contribution in [0.15, 0.2) is 204 Å². The van der Waals surface area contributed by atoms with Gasteiger partial charge in [0.05, 0.1) is 39.0 Å². The molecule has 496 valence electrons. The van der Waals surface area contributed by atoms with Crippen molar-refractivity contribution in [3.63, 3.8) is 0 Å². The number of hydrogen-bond acceptors (Lipinski definition) is 18. The van der Waals surface area contributed by atoms with Gasteiger partial charge in [0.2, 0.25) is 17.4 Å². The van der Waals surface area contributed by atoms with Crippen LogP contribution >= 0.6 is 24.4 Å². The van der Waals surface area contributed by atoms with Crippen molar-refractivity contribution in [1.82, 2.24) is 19.6 Å². The number of methoxy groups -OCH3 is 2. The van der Waals surface area contributed by atoms with Gasteiger partial charge in [-0.3, -0.25) is 28.9 Å². The molecule has 1 atom stereocenters. The van der Waals surface area contributed by atoms with E-state index < -0.39 is 35.8 Å². The third-order valence-electron chi connectivity index (χ3n) is 15.6. The first kappa shape index (κ1) is 68.9. The molecule has 13 rings (SSSR count). The highest BCUT2D eigenvalue weighted by Gasteiger charge is 2.40. The second-order valence-corrected chi connectivity index (χ2v) is 22.8. The number of carbonyl (C=O) groups excluding carboxylic acids is 7. The van der Waals surface area contributed by atoms with Crippen LogP contribution in [0.1, 0.15) is 68.8 Å². The van der Waals surface area contributed by atoms with E-state index >= 15 is 0 Å². The number of furan rings is 1. The number of ether oxygens (including phenoxy) is 7. The lowest BCUT2D eigenvalue weighted by Crippen LogP contribution is -2.36. The van der Waals surface area contributed by atoms with Crippen LogP contribution in [0.25, 0.3) is 46.2 Å². The van der Waals surface area contributed by atoms with E-state index in [1.54, 1.807) is 63.6 Å². The van der Waals surface area contributed by atoms with Gasteiger partial charge in [0.1, 0.15) is 23.5 Å². The molecule has 5 aliphatic heterocycles. The first-order valence-corrected chi connectivity index (χ1v) is 32.1. The molecule has 5 fully saturated rings. The fraction of sp³-hybridized carbons (Fsp3) is 0.216. The molecule has 7 amide bonds. The summed E-state index contributed by atoms with van der Waals surface area (Å²) in [6.45, 7) is 8.05. The largest absolute Gasteiger partial charge is 0.497 e. The number of benzene rings is 6. The Hall–Kier alpha value is -11.0. The molecular formula is C74H69N6O15S2+. The van der Waals surface area contributed by atoms with Crippen molar-refractivity contribution in [2.24, 2.45) is 0 Å². The summed E-state index contributed by atoms with van der Waals surface area (Å²) in [5.74, 6) is -0.971. The lowest BCUT2D eigenvalue weighted by molar-refractivity contribution is -0.699. The van der Waals surface area contributed by atoms with Gasteiger partial charge < -0.3 is 42.5 Å². The molecular weight excluding hydrogens is 1280 g/mol. The van der Waals surface area contributed by atoms with Crippen LogP contribution in [0.4, 0.5) is 26.7 Å². The number of imide groups is 3. The molecule has 6 aromatic carbocycles. The lowest BCUT2D eigenvalue weighted by atomic mass is 10.1. The Morgan fingerprint density at radius 1 is 0.588 bits per heavy atom. The Morgan fingerprint density at radius 2 is 1.13 bits per heavy atom.